The smallest absolute Gasteiger partial charge is 0.317 e. The SMILES string of the molecule is Cc1cc(CNC(=O)N(CCC(C)C)C2CC2)ccc1F. The molecular formula is C17H25FN2O. The minimum atomic E-state index is -0.207. The Balaban J connectivity index is 1.87. The van der Waals surface area contributed by atoms with Crippen LogP contribution < -0.4 is 5.32 Å². The molecule has 116 valence electrons. The minimum absolute atomic E-state index is 0.000119. The lowest BCUT2D eigenvalue weighted by atomic mass is 10.1. The average Bonchev–Trinajstić information content (AvgIpc) is 3.24. The standard InChI is InChI=1S/C17H25FN2O/c1-12(2)8-9-20(15-5-6-15)17(21)19-11-14-4-7-16(18)13(3)10-14/h4,7,10,12,15H,5-6,8-9,11H2,1-3H3,(H,19,21). The molecule has 1 aliphatic carbocycles. The Morgan fingerprint density at radius 1 is 1.43 bits per heavy atom. The molecule has 1 aromatic rings. The van der Waals surface area contributed by atoms with Crippen molar-refractivity contribution in [1.82, 2.24) is 10.2 Å². The normalized spacial score (nSPS) is 14.3. The molecule has 0 radical (unpaired) electrons. The van der Waals surface area contributed by atoms with Gasteiger partial charge in [0.25, 0.3) is 0 Å². The first-order valence-electron chi connectivity index (χ1n) is 7.77. The van der Waals surface area contributed by atoms with Gasteiger partial charge in [-0.1, -0.05) is 26.0 Å². The molecule has 0 saturated heterocycles. The van der Waals surface area contributed by atoms with Gasteiger partial charge in [0.2, 0.25) is 0 Å². The van der Waals surface area contributed by atoms with Crippen molar-refractivity contribution >= 4 is 6.03 Å². The van der Waals surface area contributed by atoms with Crippen molar-refractivity contribution in [2.75, 3.05) is 6.54 Å². The fourth-order valence-corrected chi connectivity index (χ4v) is 2.33. The number of urea groups is 1. The molecule has 4 heteroatoms. The van der Waals surface area contributed by atoms with Gasteiger partial charge in [-0.05, 0) is 49.3 Å². The van der Waals surface area contributed by atoms with E-state index in [1.54, 1.807) is 19.1 Å². The average molecular weight is 292 g/mol. The van der Waals surface area contributed by atoms with E-state index in [1.807, 2.05) is 4.90 Å². The van der Waals surface area contributed by atoms with Crippen molar-refractivity contribution in [2.24, 2.45) is 5.92 Å². The Hall–Kier alpha value is -1.58. The van der Waals surface area contributed by atoms with E-state index in [4.69, 9.17) is 0 Å². The van der Waals surface area contributed by atoms with Crippen molar-refractivity contribution in [3.05, 3.63) is 35.1 Å². The zero-order valence-corrected chi connectivity index (χ0v) is 13.2. The molecule has 1 aliphatic rings. The van der Waals surface area contributed by atoms with Crippen LogP contribution in [0.3, 0.4) is 0 Å². The summed E-state index contributed by atoms with van der Waals surface area (Å²) in [5, 5.41) is 2.96. The zero-order chi connectivity index (χ0) is 15.4. The quantitative estimate of drug-likeness (QED) is 0.848. The summed E-state index contributed by atoms with van der Waals surface area (Å²) in [4.78, 5) is 14.3. The molecule has 0 unspecified atom stereocenters. The lowest BCUT2D eigenvalue weighted by molar-refractivity contribution is 0.191. The molecule has 0 bridgehead atoms. The van der Waals surface area contributed by atoms with Gasteiger partial charge in [-0.2, -0.15) is 0 Å². The molecule has 2 rings (SSSR count). The highest BCUT2D eigenvalue weighted by Gasteiger charge is 2.32. The molecule has 0 spiro atoms. The highest BCUT2D eigenvalue weighted by Crippen LogP contribution is 2.27. The van der Waals surface area contributed by atoms with E-state index in [9.17, 15) is 9.18 Å². The van der Waals surface area contributed by atoms with Crippen LogP contribution in [0.5, 0.6) is 0 Å². The maximum absolute atomic E-state index is 13.2. The van der Waals surface area contributed by atoms with E-state index in [-0.39, 0.29) is 11.8 Å². The minimum Gasteiger partial charge on any atom is -0.334 e. The number of nitrogens with zero attached hydrogens (tertiary/aromatic N) is 1. The maximum Gasteiger partial charge on any atom is 0.317 e. The van der Waals surface area contributed by atoms with E-state index in [0.29, 0.717) is 24.1 Å². The van der Waals surface area contributed by atoms with Gasteiger partial charge in [-0.25, -0.2) is 9.18 Å². The van der Waals surface area contributed by atoms with Crippen molar-refractivity contribution in [2.45, 2.75) is 52.6 Å². The monoisotopic (exact) mass is 292 g/mol. The van der Waals surface area contributed by atoms with Crippen LogP contribution in [0.1, 0.15) is 44.2 Å². The second-order valence-corrected chi connectivity index (χ2v) is 6.35. The molecule has 0 heterocycles. The van der Waals surface area contributed by atoms with E-state index in [0.717, 1.165) is 31.4 Å². The first-order valence-corrected chi connectivity index (χ1v) is 7.77. The Labute approximate surface area is 126 Å². The number of carbonyl (C=O) groups excluding carboxylic acids is 1. The van der Waals surface area contributed by atoms with Gasteiger partial charge in [0, 0.05) is 19.1 Å². The number of amides is 2. The van der Waals surface area contributed by atoms with Gasteiger partial charge in [-0.3, -0.25) is 0 Å². The van der Waals surface area contributed by atoms with Crippen molar-refractivity contribution in [1.29, 1.82) is 0 Å². The van der Waals surface area contributed by atoms with Crippen LogP contribution in [0.2, 0.25) is 0 Å². The van der Waals surface area contributed by atoms with Crippen LogP contribution >= 0.6 is 0 Å². The van der Waals surface area contributed by atoms with Crippen molar-refractivity contribution < 1.29 is 9.18 Å². The predicted molar refractivity (Wildman–Crippen MR) is 82.6 cm³/mol. The number of rotatable bonds is 6. The third-order valence-electron chi connectivity index (χ3n) is 3.86. The summed E-state index contributed by atoms with van der Waals surface area (Å²) in [7, 11) is 0. The van der Waals surface area contributed by atoms with Gasteiger partial charge in [0.1, 0.15) is 5.82 Å². The molecule has 21 heavy (non-hydrogen) atoms. The third-order valence-corrected chi connectivity index (χ3v) is 3.86. The first kappa shape index (κ1) is 15.8. The summed E-state index contributed by atoms with van der Waals surface area (Å²) in [5.41, 5.74) is 1.54. The Kier molecular flexibility index (Phi) is 5.21. The second-order valence-electron chi connectivity index (χ2n) is 6.35. The number of aryl methyl sites for hydroxylation is 1. The van der Waals surface area contributed by atoms with E-state index < -0.39 is 0 Å². The Morgan fingerprint density at radius 3 is 2.71 bits per heavy atom. The number of benzene rings is 1. The van der Waals surface area contributed by atoms with Gasteiger partial charge >= 0.3 is 6.03 Å². The van der Waals surface area contributed by atoms with Crippen LogP contribution in [-0.2, 0) is 6.54 Å². The fourth-order valence-electron chi connectivity index (χ4n) is 2.33. The molecule has 0 aromatic heterocycles. The molecule has 0 aliphatic heterocycles. The lowest BCUT2D eigenvalue weighted by Crippen LogP contribution is -2.42. The topological polar surface area (TPSA) is 32.3 Å². The molecule has 2 amide bonds. The molecule has 1 N–H and O–H groups in total. The molecule has 1 aromatic carbocycles. The molecule has 0 atom stereocenters. The number of hydrogen-bond donors (Lipinski definition) is 1. The van der Waals surface area contributed by atoms with Gasteiger partial charge in [0.15, 0.2) is 0 Å². The summed E-state index contributed by atoms with van der Waals surface area (Å²) in [6.45, 7) is 7.34. The Bertz CT molecular complexity index is 498. The van der Waals surface area contributed by atoms with Crippen LogP contribution in [0.25, 0.3) is 0 Å². The van der Waals surface area contributed by atoms with E-state index >= 15 is 0 Å². The number of hydrogen-bond acceptors (Lipinski definition) is 1. The summed E-state index contributed by atoms with van der Waals surface area (Å²) in [6.07, 6.45) is 3.25. The fraction of sp³-hybridized carbons (Fsp3) is 0.588. The third kappa shape index (κ3) is 4.73. The second kappa shape index (κ2) is 6.92. The van der Waals surface area contributed by atoms with Gasteiger partial charge in [0.05, 0.1) is 0 Å². The lowest BCUT2D eigenvalue weighted by Gasteiger charge is -2.23. The summed E-state index contributed by atoms with van der Waals surface area (Å²) in [5.74, 6) is 0.389. The van der Waals surface area contributed by atoms with Crippen LogP contribution in [0.4, 0.5) is 9.18 Å². The number of nitrogens with one attached hydrogen (secondary N) is 1. The summed E-state index contributed by atoms with van der Waals surface area (Å²) in [6, 6.07) is 5.37. The maximum atomic E-state index is 13.2. The number of carbonyl (C=O) groups is 1. The Morgan fingerprint density at radius 2 is 2.14 bits per heavy atom. The summed E-state index contributed by atoms with van der Waals surface area (Å²) >= 11 is 0. The van der Waals surface area contributed by atoms with Gasteiger partial charge < -0.3 is 10.2 Å². The van der Waals surface area contributed by atoms with Crippen LogP contribution in [0, 0.1) is 18.7 Å². The number of halogens is 1. The molecular weight excluding hydrogens is 267 g/mol. The van der Waals surface area contributed by atoms with Crippen molar-refractivity contribution in [3.8, 4) is 0 Å². The molecule has 1 fully saturated rings. The van der Waals surface area contributed by atoms with Gasteiger partial charge in [-0.15, -0.1) is 0 Å². The van der Waals surface area contributed by atoms with Crippen LogP contribution in [-0.4, -0.2) is 23.5 Å². The van der Waals surface area contributed by atoms with Crippen LogP contribution in [0.15, 0.2) is 18.2 Å². The van der Waals surface area contributed by atoms with E-state index in [2.05, 4.69) is 19.2 Å². The summed E-state index contributed by atoms with van der Waals surface area (Å²) < 4.78 is 13.2. The predicted octanol–water partition coefficient (Wildman–Crippen LogP) is 3.85. The van der Waals surface area contributed by atoms with E-state index in [1.165, 1.54) is 6.07 Å². The highest BCUT2D eigenvalue weighted by molar-refractivity contribution is 5.74. The largest absolute Gasteiger partial charge is 0.334 e. The van der Waals surface area contributed by atoms with Crippen molar-refractivity contribution in [3.63, 3.8) is 0 Å². The zero-order valence-electron chi connectivity index (χ0n) is 13.2. The molecule has 1 saturated carbocycles. The molecule has 3 nitrogen and oxygen atoms in total. The highest BCUT2D eigenvalue weighted by atomic mass is 19.1. The first-order chi connectivity index (χ1) is 9.97.